The molecule has 0 saturated heterocycles. The van der Waals surface area contributed by atoms with Gasteiger partial charge in [0.05, 0.1) is 32.5 Å². The van der Waals surface area contributed by atoms with E-state index < -0.39 is 0 Å². The smallest absolute Gasteiger partial charge is 0.229 e. The zero-order valence-corrected chi connectivity index (χ0v) is 10.8. The number of rotatable bonds is 5. The number of benzene rings is 1. The van der Waals surface area contributed by atoms with Crippen molar-refractivity contribution in [2.45, 2.75) is 6.42 Å². The molecule has 0 aliphatic carbocycles. The minimum Gasteiger partial charge on any atom is -0.497 e. The number of nitrogens with one attached hydrogen (secondary N) is 2. The summed E-state index contributed by atoms with van der Waals surface area (Å²) in [6.45, 7) is 0. The van der Waals surface area contributed by atoms with Gasteiger partial charge in [0.2, 0.25) is 5.91 Å². The highest BCUT2D eigenvalue weighted by atomic mass is 16.5. The molecular formula is C13H15N3O3. The summed E-state index contributed by atoms with van der Waals surface area (Å²) in [4.78, 5) is 11.9. The van der Waals surface area contributed by atoms with Gasteiger partial charge in [-0.2, -0.15) is 5.10 Å². The Morgan fingerprint density at radius 2 is 2.21 bits per heavy atom. The second kappa shape index (κ2) is 5.90. The number of ether oxygens (including phenoxy) is 2. The highest BCUT2D eigenvalue weighted by Gasteiger charge is 2.10. The fourth-order valence-electron chi connectivity index (χ4n) is 1.72. The summed E-state index contributed by atoms with van der Waals surface area (Å²) in [5.41, 5.74) is 1.40. The Labute approximate surface area is 110 Å². The fourth-order valence-corrected chi connectivity index (χ4v) is 1.72. The van der Waals surface area contributed by atoms with Crippen molar-refractivity contribution in [2.75, 3.05) is 19.5 Å². The normalized spacial score (nSPS) is 10.0. The molecule has 0 aliphatic rings. The molecule has 2 N–H and O–H groups in total. The van der Waals surface area contributed by atoms with Gasteiger partial charge in [0.15, 0.2) is 0 Å². The molecule has 1 amide bonds. The summed E-state index contributed by atoms with van der Waals surface area (Å²) in [6, 6.07) is 5.35. The molecule has 0 bridgehead atoms. The molecule has 0 unspecified atom stereocenters. The van der Waals surface area contributed by atoms with E-state index in [4.69, 9.17) is 9.47 Å². The van der Waals surface area contributed by atoms with Crippen LogP contribution in [0.15, 0.2) is 30.6 Å². The first-order chi connectivity index (χ1) is 9.22. The van der Waals surface area contributed by atoms with Crippen LogP contribution in [-0.4, -0.2) is 30.3 Å². The van der Waals surface area contributed by atoms with Gasteiger partial charge in [0, 0.05) is 11.8 Å². The molecule has 2 aromatic rings. The topological polar surface area (TPSA) is 76.2 Å². The molecule has 0 fully saturated rings. The highest BCUT2D eigenvalue weighted by Crippen LogP contribution is 2.24. The lowest BCUT2D eigenvalue weighted by molar-refractivity contribution is -0.115. The standard InChI is InChI=1S/C13H15N3O3/c1-18-11-3-4-12(19-2)9(5-11)6-13(17)16-10-7-14-15-8-10/h3-5,7-8H,6H2,1-2H3,(H,14,15)(H,16,17). The van der Waals surface area contributed by atoms with Crippen molar-refractivity contribution in [3.8, 4) is 11.5 Å². The predicted octanol–water partition coefficient (Wildman–Crippen LogP) is 1.61. The van der Waals surface area contributed by atoms with Crippen LogP contribution < -0.4 is 14.8 Å². The molecule has 0 atom stereocenters. The summed E-state index contributed by atoms with van der Waals surface area (Å²) in [5, 5.41) is 9.12. The monoisotopic (exact) mass is 261 g/mol. The second-order valence-electron chi connectivity index (χ2n) is 3.89. The summed E-state index contributed by atoms with van der Waals surface area (Å²) >= 11 is 0. The van der Waals surface area contributed by atoms with E-state index in [9.17, 15) is 4.79 Å². The van der Waals surface area contributed by atoms with E-state index in [0.29, 0.717) is 17.2 Å². The lowest BCUT2D eigenvalue weighted by atomic mass is 10.1. The Hall–Kier alpha value is -2.50. The molecule has 1 heterocycles. The SMILES string of the molecule is COc1ccc(OC)c(CC(=O)Nc2cn[nH]c2)c1. The third kappa shape index (κ3) is 3.25. The van der Waals surface area contributed by atoms with Crippen LogP contribution in [0, 0.1) is 0 Å². The quantitative estimate of drug-likeness (QED) is 0.857. The van der Waals surface area contributed by atoms with Crippen LogP contribution in [0.1, 0.15) is 5.56 Å². The van der Waals surface area contributed by atoms with E-state index in [0.717, 1.165) is 5.56 Å². The second-order valence-corrected chi connectivity index (χ2v) is 3.89. The number of nitrogens with zero attached hydrogens (tertiary/aromatic N) is 1. The van der Waals surface area contributed by atoms with E-state index in [1.807, 2.05) is 0 Å². The summed E-state index contributed by atoms with van der Waals surface area (Å²) in [7, 11) is 3.15. The van der Waals surface area contributed by atoms with Crippen LogP contribution >= 0.6 is 0 Å². The first kappa shape index (κ1) is 12.9. The molecule has 6 nitrogen and oxygen atoms in total. The Morgan fingerprint density at radius 1 is 1.37 bits per heavy atom. The van der Waals surface area contributed by atoms with Crippen molar-refractivity contribution in [1.29, 1.82) is 0 Å². The van der Waals surface area contributed by atoms with Crippen LogP contribution in [0.5, 0.6) is 11.5 Å². The Morgan fingerprint density at radius 3 is 2.84 bits per heavy atom. The Kier molecular flexibility index (Phi) is 4.02. The van der Waals surface area contributed by atoms with Gasteiger partial charge in [0.1, 0.15) is 11.5 Å². The first-order valence-electron chi connectivity index (χ1n) is 5.72. The first-order valence-corrected chi connectivity index (χ1v) is 5.72. The van der Waals surface area contributed by atoms with Crippen LogP contribution in [0.3, 0.4) is 0 Å². The predicted molar refractivity (Wildman–Crippen MR) is 70.5 cm³/mol. The zero-order chi connectivity index (χ0) is 13.7. The lowest BCUT2D eigenvalue weighted by Crippen LogP contribution is -2.14. The van der Waals surface area contributed by atoms with E-state index >= 15 is 0 Å². The maximum absolute atomic E-state index is 11.9. The van der Waals surface area contributed by atoms with Crippen molar-refractivity contribution in [3.63, 3.8) is 0 Å². The maximum Gasteiger partial charge on any atom is 0.229 e. The number of methoxy groups -OCH3 is 2. The molecular weight excluding hydrogens is 246 g/mol. The van der Waals surface area contributed by atoms with Gasteiger partial charge in [-0.15, -0.1) is 0 Å². The minimum absolute atomic E-state index is 0.145. The molecule has 0 aliphatic heterocycles. The van der Waals surface area contributed by atoms with Gasteiger partial charge in [0.25, 0.3) is 0 Å². The summed E-state index contributed by atoms with van der Waals surface area (Å²) in [6.07, 6.45) is 3.35. The molecule has 19 heavy (non-hydrogen) atoms. The van der Waals surface area contributed by atoms with Crippen molar-refractivity contribution in [3.05, 3.63) is 36.2 Å². The molecule has 6 heteroatoms. The molecule has 2 rings (SSSR count). The maximum atomic E-state index is 11.9. The summed E-state index contributed by atoms with van der Waals surface area (Å²) in [5.74, 6) is 1.20. The minimum atomic E-state index is -0.145. The summed E-state index contributed by atoms with van der Waals surface area (Å²) < 4.78 is 10.4. The largest absolute Gasteiger partial charge is 0.497 e. The number of amides is 1. The number of hydrogen-bond acceptors (Lipinski definition) is 4. The number of aromatic amines is 1. The molecule has 1 aromatic carbocycles. The van der Waals surface area contributed by atoms with Crippen molar-refractivity contribution < 1.29 is 14.3 Å². The fraction of sp³-hybridized carbons (Fsp3) is 0.231. The van der Waals surface area contributed by atoms with Gasteiger partial charge in [-0.1, -0.05) is 0 Å². The van der Waals surface area contributed by atoms with Crippen LogP contribution in [0.4, 0.5) is 5.69 Å². The van der Waals surface area contributed by atoms with Gasteiger partial charge in [-0.25, -0.2) is 0 Å². The van der Waals surface area contributed by atoms with Crippen LogP contribution in [0.25, 0.3) is 0 Å². The number of hydrogen-bond donors (Lipinski definition) is 2. The van der Waals surface area contributed by atoms with Gasteiger partial charge >= 0.3 is 0 Å². The van der Waals surface area contributed by atoms with E-state index in [1.165, 1.54) is 0 Å². The van der Waals surface area contributed by atoms with Crippen molar-refractivity contribution in [2.24, 2.45) is 0 Å². The number of carbonyl (C=O) groups is 1. The average Bonchev–Trinajstić information content (AvgIpc) is 2.91. The zero-order valence-electron chi connectivity index (χ0n) is 10.8. The third-order valence-corrected chi connectivity index (χ3v) is 2.62. The number of aromatic nitrogens is 2. The third-order valence-electron chi connectivity index (χ3n) is 2.62. The van der Waals surface area contributed by atoms with Gasteiger partial charge in [-0.3, -0.25) is 9.89 Å². The average molecular weight is 261 g/mol. The number of anilines is 1. The highest BCUT2D eigenvalue weighted by molar-refractivity contribution is 5.92. The molecule has 1 aromatic heterocycles. The van der Waals surface area contributed by atoms with E-state index in [1.54, 1.807) is 44.8 Å². The van der Waals surface area contributed by atoms with E-state index in [-0.39, 0.29) is 12.3 Å². The molecule has 0 spiro atoms. The van der Waals surface area contributed by atoms with Crippen LogP contribution in [-0.2, 0) is 11.2 Å². The van der Waals surface area contributed by atoms with Gasteiger partial charge in [-0.05, 0) is 18.2 Å². The van der Waals surface area contributed by atoms with Gasteiger partial charge < -0.3 is 14.8 Å². The van der Waals surface area contributed by atoms with Crippen molar-refractivity contribution in [1.82, 2.24) is 10.2 Å². The van der Waals surface area contributed by atoms with Crippen molar-refractivity contribution >= 4 is 11.6 Å². The van der Waals surface area contributed by atoms with E-state index in [2.05, 4.69) is 15.5 Å². The Balaban J connectivity index is 2.10. The number of H-pyrrole nitrogens is 1. The molecule has 100 valence electrons. The lowest BCUT2D eigenvalue weighted by Gasteiger charge is -2.10. The van der Waals surface area contributed by atoms with Crippen LogP contribution in [0.2, 0.25) is 0 Å². The number of carbonyl (C=O) groups excluding carboxylic acids is 1. The molecule has 0 radical (unpaired) electrons. The Bertz CT molecular complexity index is 552. The molecule has 0 saturated carbocycles.